The van der Waals surface area contributed by atoms with E-state index in [1.54, 1.807) is 7.11 Å². The minimum Gasteiger partial charge on any atom is -0.496 e. The predicted molar refractivity (Wildman–Crippen MR) is 96.3 cm³/mol. The lowest BCUT2D eigenvalue weighted by Gasteiger charge is -2.11. The molecule has 0 bridgehead atoms. The topological polar surface area (TPSA) is 27.1 Å². The molecular formula is C18H16BrClN2O. The van der Waals surface area contributed by atoms with E-state index in [1.807, 2.05) is 48.8 Å². The van der Waals surface area contributed by atoms with Gasteiger partial charge in [-0.05, 0) is 39.7 Å². The SMILES string of the molecule is COc1ccccc1Cn1ccnc1Cc1ccc(Cl)c(Br)c1. The first-order valence-corrected chi connectivity index (χ1v) is 8.40. The standard InChI is InChI=1S/C18H16BrClN2O/c1-23-17-5-3-2-4-14(17)12-22-9-8-21-18(22)11-13-6-7-16(20)15(19)10-13/h2-10H,11-12H2,1H3. The van der Waals surface area contributed by atoms with Crippen LogP contribution in [0.4, 0.5) is 0 Å². The summed E-state index contributed by atoms with van der Waals surface area (Å²) in [6.45, 7) is 0.730. The number of hydrogen-bond acceptors (Lipinski definition) is 2. The zero-order valence-corrected chi connectivity index (χ0v) is 15.0. The van der Waals surface area contributed by atoms with Crippen LogP contribution in [0.25, 0.3) is 0 Å². The third-order valence-electron chi connectivity index (χ3n) is 3.68. The minimum absolute atomic E-state index is 0.714. The fourth-order valence-corrected chi connectivity index (χ4v) is 3.04. The van der Waals surface area contributed by atoms with Gasteiger partial charge in [-0.15, -0.1) is 0 Å². The van der Waals surface area contributed by atoms with E-state index >= 15 is 0 Å². The Morgan fingerprint density at radius 2 is 2.04 bits per heavy atom. The third-order valence-corrected chi connectivity index (χ3v) is 4.90. The molecule has 0 aliphatic heterocycles. The van der Waals surface area contributed by atoms with Crippen LogP contribution in [0.15, 0.2) is 59.3 Å². The van der Waals surface area contributed by atoms with Crippen molar-refractivity contribution in [2.75, 3.05) is 7.11 Å². The number of benzene rings is 2. The Kier molecular flexibility index (Phi) is 5.03. The van der Waals surface area contributed by atoms with Crippen LogP contribution in [-0.4, -0.2) is 16.7 Å². The number of para-hydroxylation sites is 1. The molecule has 5 heteroatoms. The van der Waals surface area contributed by atoms with Crippen molar-refractivity contribution in [1.82, 2.24) is 9.55 Å². The highest BCUT2D eigenvalue weighted by Gasteiger charge is 2.09. The molecular weight excluding hydrogens is 376 g/mol. The molecule has 3 rings (SSSR count). The van der Waals surface area contributed by atoms with E-state index < -0.39 is 0 Å². The van der Waals surface area contributed by atoms with E-state index in [9.17, 15) is 0 Å². The molecule has 0 unspecified atom stereocenters. The Labute approximate surface area is 149 Å². The van der Waals surface area contributed by atoms with E-state index in [0.717, 1.165) is 40.1 Å². The summed E-state index contributed by atoms with van der Waals surface area (Å²) in [5.74, 6) is 1.89. The van der Waals surface area contributed by atoms with Crippen LogP contribution in [0.3, 0.4) is 0 Å². The summed E-state index contributed by atoms with van der Waals surface area (Å²) in [7, 11) is 1.69. The van der Waals surface area contributed by atoms with Gasteiger partial charge >= 0.3 is 0 Å². The maximum absolute atomic E-state index is 6.05. The zero-order valence-electron chi connectivity index (χ0n) is 12.7. The predicted octanol–water partition coefficient (Wildman–Crippen LogP) is 4.95. The number of rotatable bonds is 5. The Hall–Kier alpha value is -1.78. The average molecular weight is 392 g/mol. The Morgan fingerprint density at radius 1 is 1.22 bits per heavy atom. The van der Waals surface area contributed by atoms with Gasteiger partial charge in [-0.25, -0.2) is 4.98 Å². The van der Waals surface area contributed by atoms with Crippen molar-refractivity contribution in [3.8, 4) is 5.75 Å². The largest absolute Gasteiger partial charge is 0.496 e. The van der Waals surface area contributed by atoms with Crippen LogP contribution >= 0.6 is 27.5 Å². The number of methoxy groups -OCH3 is 1. The summed E-state index contributed by atoms with van der Waals surface area (Å²) >= 11 is 9.52. The summed E-state index contributed by atoms with van der Waals surface area (Å²) in [6, 6.07) is 14.0. The van der Waals surface area contributed by atoms with Crippen molar-refractivity contribution < 1.29 is 4.74 Å². The van der Waals surface area contributed by atoms with E-state index in [1.165, 1.54) is 0 Å². The molecule has 3 aromatic rings. The maximum Gasteiger partial charge on any atom is 0.123 e. The zero-order chi connectivity index (χ0) is 16.2. The van der Waals surface area contributed by atoms with E-state index in [2.05, 4.69) is 31.5 Å². The molecule has 23 heavy (non-hydrogen) atoms. The van der Waals surface area contributed by atoms with Crippen LogP contribution in [0, 0.1) is 0 Å². The molecule has 118 valence electrons. The monoisotopic (exact) mass is 390 g/mol. The molecule has 0 atom stereocenters. The summed E-state index contributed by atoms with van der Waals surface area (Å²) in [6.07, 6.45) is 4.57. The lowest BCUT2D eigenvalue weighted by atomic mass is 10.1. The van der Waals surface area contributed by atoms with Crippen LogP contribution in [0.5, 0.6) is 5.75 Å². The molecule has 0 amide bonds. The molecule has 0 saturated heterocycles. The lowest BCUT2D eigenvalue weighted by molar-refractivity contribution is 0.408. The van der Waals surface area contributed by atoms with E-state index in [4.69, 9.17) is 16.3 Å². The molecule has 0 radical (unpaired) electrons. The van der Waals surface area contributed by atoms with Gasteiger partial charge in [0.15, 0.2) is 0 Å². The molecule has 0 aliphatic carbocycles. The number of ether oxygens (including phenoxy) is 1. The van der Waals surface area contributed by atoms with Crippen molar-refractivity contribution in [2.24, 2.45) is 0 Å². The number of halogens is 2. The second kappa shape index (κ2) is 7.20. The molecule has 0 fully saturated rings. The van der Waals surface area contributed by atoms with Crippen molar-refractivity contribution in [2.45, 2.75) is 13.0 Å². The van der Waals surface area contributed by atoms with E-state index in [-0.39, 0.29) is 0 Å². The van der Waals surface area contributed by atoms with Crippen molar-refractivity contribution in [3.63, 3.8) is 0 Å². The molecule has 0 saturated carbocycles. The van der Waals surface area contributed by atoms with E-state index in [0.29, 0.717) is 5.02 Å². The number of hydrogen-bond donors (Lipinski definition) is 0. The van der Waals surface area contributed by atoms with Gasteiger partial charge in [0, 0.05) is 28.9 Å². The first kappa shape index (κ1) is 16.1. The molecule has 2 aromatic carbocycles. The Balaban J connectivity index is 1.83. The molecule has 1 aromatic heterocycles. The van der Waals surface area contributed by atoms with Crippen molar-refractivity contribution in [3.05, 3.63) is 81.3 Å². The van der Waals surface area contributed by atoms with Gasteiger partial charge in [-0.3, -0.25) is 0 Å². The Morgan fingerprint density at radius 3 is 2.83 bits per heavy atom. The second-order valence-corrected chi connectivity index (χ2v) is 6.47. The first-order valence-electron chi connectivity index (χ1n) is 7.23. The molecule has 0 N–H and O–H groups in total. The molecule has 0 spiro atoms. The third kappa shape index (κ3) is 3.77. The lowest BCUT2D eigenvalue weighted by Crippen LogP contribution is -2.06. The van der Waals surface area contributed by atoms with Crippen LogP contribution in [0.2, 0.25) is 5.02 Å². The fourth-order valence-electron chi connectivity index (χ4n) is 2.50. The normalized spacial score (nSPS) is 10.7. The van der Waals surface area contributed by atoms with Crippen LogP contribution in [0.1, 0.15) is 17.0 Å². The molecule has 0 aliphatic rings. The minimum atomic E-state index is 0.714. The van der Waals surface area contributed by atoms with Gasteiger partial charge < -0.3 is 9.30 Å². The van der Waals surface area contributed by atoms with Crippen molar-refractivity contribution in [1.29, 1.82) is 0 Å². The summed E-state index contributed by atoms with van der Waals surface area (Å²) in [5.41, 5.74) is 2.29. The second-order valence-electron chi connectivity index (χ2n) is 5.21. The highest BCUT2D eigenvalue weighted by atomic mass is 79.9. The number of nitrogens with zero attached hydrogens (tertiary/aromatic N) is 2. The Bertz CT molecular complexity index is 816. The van der Waals surface area contributed by atoms with Gasteiger partial charge in [0.2, 0.25) is 0 Å². The quantitative estimate of drug-likeness (QED) is 0.615. The average Bonchev–Trinajstić information content (AvgIpc) is 2.98. The smallest absolute Gasteiger partial charge is 0.123 e. The maximum atomic E-state index is 6.05. The molecule has 3 nitrogen and oxygen atoms in total. The molecule has 1 heterocycles. The van der Waals surface area contributed by atoms with Gasteiger partial charge in [-0.2, -0.15) is 0 Å². The summed E-state index contributed by atoms with van der Waals surface area (Å²) in [5, 5.41) is 0.714. The first-order chi connectivity index (χ1) is 11.2. The van der Waals surface area contributed by atoms with Gasteiger partial charge in [0.1, 0.15) is 11.6 Å². The van der Waals surface area contributed by atoms with Crippen LogP contribution < -0.4 is 4.74 Å². The summed E-state index contributed by atoms with van der Waals surface area (Å²) < 4.78 is 8.47. The van der Waals surface area contributed by atoms with Crippen LogP contribution in [-0.2, 0) is 13.0 Å². The van der Waals surface area contributed by atoms with Gasteiger partial charge in [0.25, 0.3) is 0 Å². The number of aromatic nitrogens is 2. The number of imidazole rings is 1. The highest BCUT2D eigenvalue weighted by molar-refractivity contribution is 9.10. The van der Waals surface area contributed by atoms with Crippen molar-refractivity contribution >= 4 is 27.5 Å². The van der Waals surface area contributed by atoms with Gasteiger partial charge in [0.05, 0.1) is 18.7 Å². The summed E-state index contributed by atoms with van der Waals surface area (Å²) in [4.78, 5) is 4.49. The highest BCUT2D eigenvalue weighted by Crippen LogP contribution is 2.25. The fraction of sp³-hybridized carbons (Fsp3) is 0.167. The van der Waals surface area contributed by atoms with Gasteiger partial charge in [-0.1, -0.05) is 35.9 Å².